The van der Waals surface area contributed by atoms with Gasteiger partial charge in [-0.2, -0.15) is 0 Å². The zero-order chi connectivity index (χ0) is 15.0. The molecule has 0 aliphatic heterocycles. The monoisotopic (exact) mass is 279 g/mol. The number of fused-ring (bicyclic) bond motifs is 1. The number of nitrogens with two attached hydrogens (primary N) is 1. The Bertz CT molecular complexity index is 767. The number of hydrogen-bond acceptors (Lipinski definition) is 2. The Hall–Kier alpha value is -2.13. The molecule has 1 aromatic heterocycles. The lowest BCUT2D eigenvalue weighted by molar-refractivity contribution is 0.866. The number of aromatic nitrogens is 2. The average molecular weight is 279 g/mol. The summed E-state index contributed by atoms with van der Waals surface area (Å²) in [5, 5.41) is 0. The van der Waals surface area contributed by atoms with Crippen LogP contribution >= 0.6 is 0 Å². The number of aryl methyl sites for hydroxylation is 1. The van der Waals surface area contributed by atoms with E-state index in [2.05, 4.69) is 55.8 Å². The highest BCUT2D eigenvalue weighted by atomic mass is 15.1. The molecule has 3 aromatic rings. The molecule has 0 radical (unpaired) electrons. The van der Waals surface area contributed by atoms with Gasteiger partial charge >= 0.3 is 0 Å². The van der Waals surface area contributed by atoms with Crippen molar-refractivity contribution in [3.63, 3.8) is 0 Å². The molecule has 0 amide bonds. The molecule has 0 saturated carbocycles. The first-order chi connectivity index (χ1) is 10.1. The fraction of sp³-hybridized carbons (Fsp3) is 0.278. The highest BCUT2D eigenvalue weighted by Crippen LogP contribution is 2.26. The highest BCUT2D eigenvalue weighted by molar-refractivity contribution is 5.81. The molecule has 21 heavy (non-hydrogen) atoms. The Morgan fingerprint density at radius 1 is 1.10 bits per heavy atom. The Morgan fingerprint density at radius 2 is 1.81 bits per heavy atom. The molecule has 3 rings (SSSR count). The van der Waals surface area contributed by atoms with Gasteiger partial charge in [0.05, 0.1) is 11.0 Å². The van der Waals surface area contributed by atoms with E-state index in [0.717, 1.165) is 28.0 Å². The molecule has 1 heterocycles. The second-order valence-electron chi connectivity index (χ2n) is 5.80. The van der Waals surface area contributed by atoms with E-state index in [1.165, 1.54) is 5.56 Å². The standard InChI is InChI=1S/C18H21N3/c1-12(2)14-5-7-15(8-6-14)18-20-16-9-4-13(11-19)10-17(16)21(18)3/h4-10,12H,11,19H2,1-3H3. The van der Waals surface area contributed by atoms with E-state index >= 15 is 0 Å². The van der Waals surface area contributed by atoms with E-state index in [9.17, 15) is 0 Å². The van der Waals surface area contributed by atoms with Crippen LogP contribution < -0.4 is 5.73 Å². The van der Waals surface area contributed by atoms with Crippen molar-refractivity contribution in [2.45, 2.75) is 26.3 Å². The molecule has 0 fully saturated rings. The molecule has 0 unspecified atom stereocenters. The number of hydrogen-bond donors (Lipinski definition) is 1. The quantitative estimate of drug-likeness (QED) is 0.792. The summed E-state index contributed by atoms with van der Waals surface area (Å²) in [5.41, 5.74) is 11.5. The van der Waals surface area contributed by atoms with Crippen LogP contribution in [-0.2, 0) is 13.6 Å². The summed E-state index contributed by atoms with van der Waals surface area (Å²) < 4.78 is 2.14. The summed E-state index contributed by atoms with van der Waals surface area (Å²) in [6.45, 7) is 4.97. The van der Waals surface area contributed by atoms with Crippen LogP contribution in [0.3, 0.4) is 0 Å². The summed E-state index contributed by atoms with van der Waals surface area (Å²) in [5.74, 6) is 1.54. The largest absolute Gasteiger partial charge is 0.327 e. The minimum Gasteiger partial charge on any atom is -0.327 e. The van der Waals surface area contributed by atoms with Gasteiger partial charge in [-0.05, 0) is 29.2 Å². The van der Waals surface area contributed by atoms with Gasteiger partial charge < -0.3 is 10.3 Å². The minimum atomic E-state index is 0.548. The minimum absolute atomic E-state index is 0.548. The molecule has 2 aromatic carbocycles. The Labute approximate surface area is 125 Å². The van der Waals surface area contributed by atoms with Crippen molar-refractivity contribution in [3.05, 3.63) is 53.6 Å². The summed E-state index contributed by atoms with van der Waals surface area (Å²) in [6.07, 6.45) is 0. The maximum Gasteiger partial charge on any atom is 0.140 e. The van der Waals surface area contributed by atoms with Crippen molar-refractivity contribution < 1.29 is 0 Å². The van der Waals surface area contributed by atoms with Crippen LogP contribution in [0.2, 0.25) is 0 Å². The van der Waals surface area contributed by atoms with Crippen molar-refractivity contribution in [2.75, 3.05) is 0 Å². The molecule has 0 aliphatic carbocycles. The van der Waals surface area contributed by atoms with Crippen LogP contribution in [0.4, 0.5) is 0 Å². The molecule has 108 valence electrons. The fourth-order valence-electron chi connectivity index (χ4n) is 2.64. The molecule has 0 saturated heterocycles. The Kier molecular flexibility index (Phi) is 3.52. The molecule has 0 aliphatic rings. The first-order valence-corrected chi connectivity index (χ1v) is 7.36. The number of benzene rings is 2. The first kappa shape index (κ1) is 13.8. The van der Waals surface area contributed by atoms with E-state index in [-0.39, 0.29) is 0 Å². The second kappa shape index (κ2) is 5.34. The first-order valence-electron chi connectivity index (χ1n) is 7.36. The van der Waals surface area contributed by atoms with Crippen LogP contribution in [0.1, 0.15) is 30.9 Å². The van der Waals surface area contributed by atoms with Crippen molar-refractivity contribution >= 4 is 11.0 Å². The predicted octanol–water partition coefficient (Wildman–Crippen LogP) is 3.82. The van der Waals surface area contributed by atoms with Crippen LogP contribution in [0, 0.1) is 0 Å². The van der Waals surface area contributed by atoms with Crippen molar-refractivity contribution in [1.29, 1.82) is 0 Å². The van der Waals surface area contributed by atoms with Crippen molar-refractivity contribution in [1.82, 2.24) is 9.55 Å². The molecular formula is C18H21N3. The SMILES string of the molecule is CC(C)c1ccc(-c2nc3ccc(CN)cc3n2C)cc1. The maximum atomic E-state index is 5.72. The van der Waals surface area contributed by atoms with Gasteiger partial charge in [0, 0.05) is 19.2 Å². The molecule has 0 atom stereocenters. The van der Waals surface area contributed by atoms with E-state index in [0.29, 0.717) is 12.5 Å². The lowest BCUT2D eigenvalue weighted by Gasteiger charge is -2.07. The van der Waals surface area contributed by atoms with Gasteiger partial charge in [-0.25, -0.2) is 4.98 Å². The second-order valence-corrected chi connectivity index (χ2v) is 5.80. The Balaban J connectivity index is 2.09. The summed E-state index contributed by atoms with van der Waals surface area (Å²) in [7, 11) is 2.06. The lowest BCUT2D eigenvalue weighted by atomic mass is 10.0. The van der Waals surface area contributed by atoms with E-state index in [1.807, 2.05) is 12.1 Å². The maximum absolute atomic E-state index is 5.72. The molecule has 2 N–H and O–H groups in total. The number of nitrogens with zero attached hydrogens (tertiary/aromatic N) is 2. The van der Waals surface area contributed by atoms with Crippen LogP contribution in [0.15, 0.2) is 42.5 Å². The van der Waals surface area contributed by atoms with Crippen LogP contribution in [0.5, 0.6) is 0 Å². The van der Waals surface area contributed by atoms with Gasteiger partial charge in [-0.1, -0.05) is 44.2 Å². The number of rotatable bonds is 3. The molecule has 3 heteroatoms. The zero-order valence-electron chi connectivity index (χ0n) is 12.8. The molecule has 0 spiro atoms. The zero-order valence-corrected chi connectivity index (χ0v) is 12.8. The van der Waals surface area contributed by atoms with Gasteiger partial charge in [0.2, 0.25) is 0 Å². The topological polar surface area (TPSA) is 43.8 Å². The lowest BCUT2D eigenvalue weighted by Crippen LogP contribution is -1.97. The van der Waals surface area contributed by atoms with E-state index < -0.39 is 0 Å². The van der Waals surface area contributed by atoms with Crippen LogP contribution in [0.25, 0.3) is 22.4 Å². The van der Waals surface area contributed by atoms with Crippen molar-refractivity contribution in [2.24, 2.45) is 12.8 Å². The number of imidazole rings is 1. The summed E-state index contributed by atoms with van der Waals surface area (Å²) in [6, 6.07) is 14.9. The van der Waals surface area contributed by atoms with Gasteiger partial charge in [-0.15, -0.1) is 0 Å². The normalized spacial score (nSPS) is 11.5. The fourth-order valence-corrected chi connectivity index (χ4v) is 2.64. The Morgan fingerprint density at radius 3 is 2.43 bits per heavy atom. The van der Waals surface area contributed by atoms with Crippen molar-refractivity contribution in [3.8, 4) is 11.4 Å². The smallest absolute Gasteiger partial charge is 0.140 e. The van der Waals surface area contributed by atoms with Gasteiger partial charge in [0.1, 0.15) is 5.82 Å². The van der Waals surface area contributed by atoms with Crippen LogP contribution in [-0.4, -0.2) is 9.55 Å². The average Bonchev–Trinajstić information content (AvgIpc) is 2.84. The third-order valence-corrected chi connectivity index (χ3v) is 4.02. The van der Waals surface area contributed by atoms with Gasteiger partial charge in [0.25, 0.3) is 0 Å². The third kappa shape index (κ3) is 2.45. The predicted molar refractivity (Wildman–Crippen MR) is 88.1 cm³/mol. The summed E-state index contributed by atoms with van der Waals surface area (Å²) in [4.78, 5) is 4.75. The van der Waals surface area contributed by atoms with Gasteiger partial charge in [0.15, 0.2) is 0 Å². The molecular weight excluding hydrogens is 258 g/mol. The van der Waals surface area contributed by atoms with Gasteiger partial charge in [-0.3, -0.25) is 0 Å². The third-order valence-electron chi connectivity index (χ3n) is 4.02. The molecule has 3 nitrogen and oxygen atoms in total. The highest BCUT2D eigenvalue weighted by Gasteiger charge is 2.10. The van der Waals surface area contributed by atoms with E-state index in [4.69, 9.17) is 10.7 Å². The molecule has 0 bridgehead atoms. The summed E-state index contributed by atoms with van der Waals surface area (Å²) >= 11 is 0. The van der Waals surface area contributed by atoms with E-state index in [1.54, 1.807) is 0 Å².